The molecule has 5 aromatic rings. The van der Waals surface area contributed by atoms with Crippen molar-refractivity contribution < 1.29 is 33.4 Å². The van der Waals surface area contributed by atoms with Crippen molar-refractivity contribution in [2.24, 2.45) is 11.8 Å². The third-order valence-corrected chi connectivity index (χ3v) is 13.8. The Bertz CT molecular complexity index is 2560. The Morgan fingerprint density at radius 1 is 0.765 bits per heavy atom. The van der Waals surface area contributed by atoms with Gasteiger partial charge < -0.3 is 49.5 Å². The number of rotatable bonds is 16. The van der Waals surface area contributed by atoms with Gasteiger partial charge in [0.2, 0.25) is 11.8 Å². The number of H-pyrrole nitrogens is 2. The van der Waals surface area contributed by atoms with Crippen LogP contribution in [0.2, 0.25) is 0 Å². The minimum Gasteiger partial charge on any atom is -0.453 e. The predicted octanol–water partition coefficient (Wildman–Crippen LogP) is 9.00. The highest BCUT2D eigenvalue weighted by Crippen LogP contribution is 2.48. The molecule has 6 atom stereocenters. The molecule has 2 fully saturated rings. The van der Waals surface area contributed by atoms with Crippen molar-refractivity contribution >= 4 is 51.8 Å². The van der Waals surface area contributed by atoms with Crippen LogP contribution >= 0.6 is 0 Å². The molecule has 366 valence electrons. The molecule has 4 N–H and O–H groups in total. The lowest BCUT2D eigenvalue weighted by Gasteiger charge is -2.34. The van der Waals surface area contributed by atoms with Gasteiger partial charge in [-0.2, -0.15) is 0 Å². The van der Waals surface area contributed by atoms with E-state index in [9.17, 15) is 19.2 Å². The average molecular weight is 934 g/mol. The monoisotopic (exact) mass is 934 g/mol. The number of carbonyl (C=O) groups excluding carboxylic acids is 4. The summed E-state index contributed by atoms with van der Waals surface area (Å²) >= 11 is 0. The molecule has 2 aromatic heterocycles. The maximum Gasteiger partial charge on any atom is 0.407 e. The van der Waals surface area contributed by atoms with Crippen LogP contribution in [0.15, 0.2) is 60.7 Å². The van der Waals surface area contributed by atoms with Gasteiger partial charge in [0.15, 0.2) is 0 Å². The van der Waals surface area contributed by atoms with Gasteiger partial charge >= 0.3 is 12.2 Å². The van der Waals surface area contributed by atoms with Crippen molar-refractivity contribution in [1.82, 2.24) is 40.4 Å². The van der Waals surface area contributed by atoms with Crippen LogP contribution in [-0.2, 0) is 35.8 Å². The molecule has 4 amide bonds. The molecular weight excluding hydrogens is 863 g/mol. The second kappa shape index (κ2) is 21.0. The van der Waals surface area contributed by atoms with E-state index < -0.39 is 24.3 Å². The Kier molecular flexibility index (Phi) is 15.4. The molecule has 7 rings (SSSR count). The van der Waals surface area contributed by atoms with Crippen LogP contribution < -0.4 is 15.5 Å². The van der Waals surface area contributed by atoms with E-state index in [2.05, 4.69) is 107 Å². The number of likely N-dealkylation sites (tertiary alicyclic amines) is 1. The second-order valence-corrected chi connectivity index (χ2v) is 20.1. The standard InChI is InChI=1S/C52H71N9O7/c1-12-36(66-9)28-59(48(62)45(30(2)3)57-50(64)67-10)29-44-53-37-21-15-32(26-39(37)54-44)41-23-24-42(61(41)35-19-17-34(18-20-35)52(6,7)8)33-16-22-38-40(27-33)56-47(55-38)43-14-13-25-60(43)49(63)46(31(4)5)58-51(65)68-11/h15-22,26-27,30-31,36,41-43,45-46H,12-14,23-25,28-29H2,1-11H3,(H,53,54)(H,55,56)(H,57,64)(H,58,65)/t36-,41+,42+,43-,45-,46?/m0/s1. The Labute approximate surface area is 400 Å². The van der Waals surface area contributed by atoms with Crippen LogP contribution in [0.3, 0.4) is 0 Å². The number of aromatic nitrogens is 4. The molecule has 1 unspecified atom stereocenters. The van der Waals surface area contributed by atoms with Crippen molar-refractivity contribution in [3.63, 3.8) is 0 Å². The largest absolute Gasteiger partial charge is 0.453 e. The zero-order valence-corrected chi connectivity index (χ0v) is 41.6. The Balaban J connectivity index is 1.19. The summed E-state index contributed by atoms with van der Waals surface area (Å²) in [4.78, 5) is 75.7. The van der Waals surface area contributed by atoms with Gasteiger partial charge in [0, 0.05) is 25.9 Å². The van der Waals surface area contributed by atoms with Crippen molar-refractivity contribution in [3.05, 3.63) is 89.0 Å². The molecule has 0 radical (unpaired) electrons. The van der Waals surface area contributed by atoms with Gasteiger partial charge in [0.25, 0.3) is 0 Å². The third-order valence-electron chi connectivity index (χ3n) is 13.8. The lowest BCUT2D eigenvalue weighted by atomic mass is 9.87. The quantitative estimate of drug-likeness (QED) is 0.0744. The van der Waals surface area contributed by atoms with E-state index in [4.69, 9.17) is 24.2 Å². The highest BCUT2D eigenvalue weighted by molar-refractivity contribution is 5.87. The van der Waals surface area contributed by atoms with Crippen LogP contribution in [-0.4, -0.2) is 106 Å². The number of hydrogen-bond donors (Lipinski definition) is 4. The summed E-state index contributed by atoms with van der Waals surface area (Å²) < 4.78 is 15.4. The van der Waals surface area contributed by atoms with Gasteiger partial charge in [0.1, 0.15) is 23.7 Å². The van der Waals surface area contributed by atoms with E-state index in [0.717, 1.165) is 70.4 Å². The molecule has 68 heavy (non-hydrogen) atoms. The van der Waals surface area contributed by atoms with E-state index in [1.54, 1.807) is 12.0 Å². The third kappa shape index (κ3) is 10.7. The number of aromatic amines is 2. The van der Waals surface area contributed by atoms with Crippen LogP contribution in [0.4, 0.5) is 15.3 Å². The molecule has 0 saturated carbocycles. The topological polar surface area (TPSA) is 187 Å². The number of amides is 4. The smallest absolute Gasteiger partial charge is 0.407 e. The van der Waals surface area contributed by atoms with E-state index in [1.807, 2.05) is 39.5 Å². The van der Waals surface area contributed by atoms with Gasteiger partial charge in [-0.15, -0.1) is 0 Å². The van der Waals surface area contributed by atoms with Crippen molar-refractivity contribution in [3.8, 4) is 0 Å². The normalized spacial score (nSPS) is 18.9. The van der Waals surface area contributed by atoms with Gasteiger partial charge in [-0.1, -0.05) is 79.7 Å². The van der Waals surface area contributed by atoms with Gasteiger partial charge in [-0.25, -0.2) is 19.6 Å². The zero-order valence-electron chi connectivity index (χ0n) is 41.6. The minimum absolute atomic E-state index is 0.00308. The molecule has 2 aliphatic heterocycles. The first-order valence-electron chi connectivity index (χ1n) is 24.1. The number of methoxy groups -OCH3 is 3. The van der Waals surface area contributed by atoms with Crippen LogP contribution in [0.25, 0.3) is 22.1 Å². The van der Waals surface area contributed by atoms with E-state index in [0.29, 0.717) is 25.3 Å². The first-order valence-corrected chi connectivity index (χ1v) is 24.1. The highest BCUT2D eigenvalue weighted by atomic mass is 16.5. The van der Waals surface area contributed by atoms with Crippen molar-refractivity contribution in [2.45, 2.75) is 136 Å². The average Bonchev–Trinajstić information content (AvgIpc) is 4.15. The van der Waals surface area contributed by atoms with Crippen LogP contribution in [0, 0.1) is 11.8 Å². The predicted molar refractivity (Wildman–Crippen MR) is 263 cm³/mol. The molecular formula is C52H71N9O7. The van der Waals surface area contributed by atoms with Gasteiger partial charge in [-0.3, -0.25) is 9.59 Å². The molecule has 16 heteroatoms. The van der Waals surface area contributed by atoms with E-state index >= 15 is 0 Å². The fourth-order valence-electron chi connectivity index (χ4n) is 9.85. The number of imidazole rings is 2. The molecule has 2 aliphatic rings. The molecule has 4 heterocycles. The maximum absolute atomic E-state index is 14.1. The Morgan fingerprint density at radius 3 is 1.88 bits per heavy atom. The number of nitrogens with zero attached hydrogens (tertiary/aromatic N) is 5. The SMILES string of the molecule is CC[C@@H](CN(Cc1nc2ccc([C@H]3CC[C@H](c4ccc5nc([C@@H]6CCCN6C(=O)C(NC(=O)OC)C(C)C)[nH]c5c4)N3c3ccc(C(C)(C)C)cc3)cc2[nH]1)C(=O)[C@@H](NC(=O)OC)C(C)C)OC. The lowest BCUT2D eigenvalue weighted by molar-refractivity contribution is -0.137. The number of benzene rings is 3. The number of alkyl carbamates (subject to hydrolysis) is 2. The summed E-state index contributed by atoms with van der Waals surface area (Å²) in [7, 11) is 4.23. The van der Waals surface area contributed by atoms with E-state index in [-0.39, 0.29) is 59.8 Å². The number of hydrogen-bond acceptors (Lipinski definition) is 10. The lowest BCUT2D eigenvalue weighted by Crippen LogP contribution is -2.52. The summed E-state index contributed by atoms with van der Waals surface area (Å²) in [5, 5.41) is 5.47. The first-order chi connectivity index (χ1) is 32.4. The summed E-state index contributed by atoms with van der Waals surface area (Å²) in [5.41, 5.74) is 8.09. The summed E-state index contributed by atoms with van der Waals surface area (Å²) in [6, 6.07) is 20.2. The second-order valence-electron chi connectivity index (χ2n) is 20.1. The minimum atomic E-state index is -0.795. The van der Waals surface area contributed by atoms with Crippen molar-refractivity contribution in [2.75, 3.05) is 39.3 Å². The number of fused-ring (bicyclic) bond motifs is 2. The first kappa shape index (κ1) is 49.7. The summed E-state index contributed by atoms with van der Waals surface area (Å²) in [6.45, 7) is 17.4. The molecule has 0 spiro atoms. The Morgan fingerprint density at radius 2 is 1.34 bits per heavy atom. The molecule has 0 bridgehead atoms. The maximum atomic E-state index is 14.1. The van der Waals surface area contributed by atoms with Crippen molar-refractivity contribution in [1.29, 1.82) is 0 Å². The van der Waals surface area contributed by atoms with Gasteiger partial charge in [-0.05, 0) is 102 Å². The van der Waals surface area contributed by atoms with E-state index in [1.165, 1.54) is 19.8 Å². The number of nitrogens with one attached hydrogen (secondary N) is 4. The zero-order chi connectivity index (χ0) is 49.0. The van der Waals surface area contributed by atoms with Gasteiger partial charge in [0.05, 0.1) is 67.1 Å². The fourth-order valence-corrected chi connectivity index (χ4v) is 9.85. The summed E-state index contributed by atoms with van der Waals surface area (Å²) in [5.74, 6) is 0.677. The fraction of sp³-hybridized carbons (Fsp3) is 0.538. The molecule has 3 aromatic carbocycles. The highest BCUT2D eigenvalue weighted by Gasteiger charge is 2.39. The van der Waals surface area contributed by atoms with Crippen LogP contribution in [0.1, 0.15) is 134 Å². The number of anilines is 1. The molecule has 2 saturated heterocycles. The van der Waals surface area contributed by atoms with Crippen LogP contribution in [0.5, 0.6) is 0 Å². The molecule has 0 aliphatic carbocycles. The number of ether oxygens (including phenoxy) is 3. The number of carbonyl (C=O) groups is 4. The molecule has 16 nitrogen and oxygen atoms in total. The summed E-state index contributed by atoms with van der Waals surface area (Å²) in [6.07, 6.45) is 2.62. The Hall–Kier alpha value is -6.16.